The molecular weight excluding hydrogens is 270 g/mol. The molecule has 0 bridgehead atoms. The number of anilines is 1. The van der Waals surface area contributed by atoms with E-state index in [-0.39, 0.29) is 0 Å². The highest BCUT2D eigenvalue weighted by Gasteiger charge is 2.10. The van der Waals surface area contributed by atoms with Crippen LogP contribution in [0.5, 0.6) is 0 Å². The Kier molecular flexibility index (Phi) is 4.50. The molecule has 2 heterocycles. The number of para-hydroxylation sites is 1. The van der Waals surface area contributed by atoms with Crippen molar-refractivity contribution in [3.63, 3.8) is 0 Å². The van der Waals surface area contributed by atoms with Gasteiger partial charge < -0.3 is 10.1 Å². The van der Waals surface area contributed by atoms with E-state index in [0.29, 0.717) is 0 Å². The van der Waals surface area contributed by atoms with Gasteiger partial charge in [-0.15, -0.1) is 0 Å². The predicted octanol–water partition coefficient (Wildman–Crippen LogP) is 2.60. The van der Waals surface area contributed by atoms with Crippen LogP contribution in [0.3, 0.4) is 0 Å². The maximum absolute atomic E-state index is 5.36. The van der Waals surface area contributed by atoms with Crippen molar-refractivity contribution in [3.05, 3.63) is 23.8 Å². The third-order valence-corrected chi connectivity index (χ3v) is 4.67. The lowest BCUT2D eigenvalue weighted by molar-refractivity contribution is 0.0398. The number of fused-ring (bicyclic) bond motifs is 1. The van der Waals surface area contributed by atoms with Crippen LogP contribution >= 0.6 is 11.3 Å². The largest absolute Gasteiger partial charge is 0.379 e. The highest BCUT2D eigenvalue weighted by Crippen LogP contribution is 2.28. The van der Waals surface area contributed by atoms with Crippen molar-refractivity contribution in [2.75, 3.05) is 44.7 Å². The first-order valence-corrected chi connectivity index (χ1v) is 8.11. The Bertz CT molecular complexity index is 563. The Labute approximate surface area is 123 Å². The van der Waals surface area contributed by atoms with Crippen molar-refractivity contribution in [2.24, 2.45) is 0 Å². The number of thiazole rings is 1. The average Bonchev–Trinajstić information content (AvgIpc) is 2.91. The van der Waals surface area contributed by atoms with Crippen LogP contribution in [0.25, 0.3) is 10.2 Å². The summed E-state index contributed by atoms with van der Waals surface area (Å²) in [6.45, 7) is 7.99. The molecule has 1 saturated heterocycles. The summed E-state index contributed by atoms with van der Waals surface area (Å²) in [4.78, 5) is 7.16. The fourth-order valence-corrected chi connectivity index (χ4v) is 3.45. The predicted molar refractivity (Wildman–Crippen MR) is 84.7 cm³/mol. The quantitative estimate of drug-likeness (QED) is 0.919. The van der Waals surface area contributed by atoms with E-state index in [9.17, 15) is 0 Å². The maximum atomic E-state index is 5.36. The highest BCUT2D eigenvalue weighted by atomic mass is 32.1. The molecular formula is C15H21N3OS. The monoisotopic (exact) mass is 291 g/mol. The third kappa shape index (κ3) is 3.11. The lowest BCUT2D eigenvalue weighted by atomic mass is 10.1. The SMILES string of the molecule is CCc1cccc2sc(NCCN3CCOCC3)nc12. The molecule has 0 aliphatic carbocycles. The molecule has 1 aromatic heterocycles. The van der Waals surface area contributed by atoms with E-state index in [1.54, 1.807) is 11.3 Å². The number of nitrogens with one attached hydrogen (secondary N) is 1. The van der Waals surface area contributed by atoms with Gasteiger partial charge in [0, 0.05) is 26.2 Å². The van der Waals surface area contributed by atoms with Gasteiger partial charge in [-0.1, -0.05) is 30.4 Å². The van der Waals surface area contributed by atoms with E-state index >= 15 is 0 Å². The van der Waals surface area contributed by atoms with Gasteiger partial charge in [0.2, 0.25) is 0 Å². The number of aromatic nitrogens is 1. The molecule has 1 fully saturated rings. The smallest absolute Gasteiger partial charge is 0.183 e. The van der Waals surface area contributed by atoms with Crippen molar-refractivity contribution < 1.29 is 4.74 Å². The molecule has 1 aromatic carbocycles. The van der Waals surface area contributed by atoms with Crippen LogP contribution in [-0.2, 0) is 11.2 Å². The zero-order chi connectivity index (χ0) is 13.8. The Hall–Kier alpha value is -1.17. The van der Waals surface area contributed by atoms with Gasteiger partial charge in [0.1, 0.15) is 0 Å². The highest BCUT2D eigenvalue weighted by molar-refractivity contribution is 7.22. The lowest BCUT2D eigenvalue weighted by Gasteiger charge is -2.26. The molecule has 1 N–H and O–H groups in total. The van der Waals surface area contributed by atoms with Crippen LogP contribution in [-0.4, -0.2) is 49.3 Å². The standard InChI is InChI=1S/C15H21N3OS/c1-2-12-4-3-5-13-14(12)17-15(20-13)16-6-7-18-8-10-19-11-9-18/h3-5H,2,6-11H2,1H3,(H,16,17). The number of benzene rings is 1. The van der Waals surface area contributed by atoms with Crippen LogP contribution in [0.1, 0.15) is 12.5 Å². The zero-order valence-corrected chi connectivity index (χ0v) is 12.7. The van der Waals surface area contributed by atoms with Crippen molar-refractivity contribution >= 4 is 26.7 Å². The summed E-state index contributed by atoms with van der Waals surface area (Å²) in [6, 6.07) is 6.44. The minimum Gasteiger partial charge on any atom is -0.379 e. The van der Waals surface area contributed by atoms with Gasteiger partial charge in [0.15, 0.2) is 5.13 Å². The summed E-state index contributed by atoms with van der Waals surface area (Å²) in [6.07, 6.45) is 1.04. The number of morpholine rings is 1. The molecule has 108 valence electrons. The van der Waals surface area contributed by atoms with E-state index in [1.807, 2.05) is 0 Å². The van der Waals surface area contributed by atoms with Crippen molar-refractivity contribution in [1.82, 2.24) is 9.88 Å². The fourth-order valence-electron chi connectivity index (χ4n) is 2.51. The molecule has 5 heteroatoms. The third-order valence-electron chi connectivity index (χ3n) is 3.69. The fraction of sp³-hybridized carbons (Fsp3) is 0.533. The minimum absolute atomic E-state index is 0.862. The number of aryl methyl sites for hydroxylation is 1. The molecule has 0 radical (unpaired) electrons. The molecule has 0 unspecified atom stereocenters. The molecule has 3 rings (SSSR count). The van der Waals surface area contributed by atoms with Crippen LogP contribution < -0.4 is 5.32 Å². The molecule has 2 aromatic rings. The summed E-state index contributed by atoms with van der Waals surface area (Å²) < 4.78 is 6.63. The number of ether oxygens (including phenoxy) is 1. The Morgan fingerprint density at radius 2 is 2.20 bits per heavy atom. The number of hydrogen-bond donors (Lipinski definition) is 1. The molecule has 0 amide bonds. The van der Waals surface area contributed by atoms with Gasteiger partial charge in [-0.05, 0) is 18.1 Å². The normalized spacial score (nSPS) is 16.6. The molecule has 0 atom stereocenters. The minimum atomic E-state index is 0.862. The topological polar surface area (TPSA) is 37.4 Å². The Balaban J connectivity index is 1.60. The van der Waals surface area contributed by atoms with Gasteiger partial charge in [-0.25, -0.2) is 4.98 Å². The molecule has 0 spiro atoms. The first-order valence-electron chi connectivity index (χ1n) is 7.29. The Morgan fingerprint density at radius 3 is 3.00 bits per heavy atom. The van der Waals surface area contributed by atoms with E-state index in [0.717, 1.165) is 56.5 Å². The second-order valence-electron chi connectivity index (χ2n) is 5.02. The van der Waals surface area contributed by atoms with Crippen molar-refractivity contribution in [3.8, 4) is 0 Å². The van der Waals surface area contributed by atoms with Gasteiger partial charge in [-0.3, -0.25) is 4.90 Å². The molecule has 1 aliphatic rings. The zero-order valence-electron chi connectivity index (χ0n) is 11.9. The first kappa shape index (κ1) is 13.8. The van der Waals surface area contributed by atoms with Crippen LogP contribution in [0.2, 0.25) is 0 Å². The molecule has 20 heavy (non-hydrogen) atoms. The van der Waals surface area contributed by atoms with E-state index < -0.39 is 0 Å². The average molecular weight is 291 g/mol. The van der Waals surface area contributed by atoms with E-state index in [4.69, 9.17) is 9.72 Å². The summed E-state index contributed by atoms with van der Waals surface area (Å²) >= 11 is 1.75. The van der Waals surface area contributed by atoms with Crippen LogP contribution in [0, 0.1) is 0 Å². The van der Waals surface area contributed by atoms with Crippen molar-refractivity contribution in [2.45, 2.75) is 13.3 Å². The summed E-state index contributed by atoms with van der Waals surface area (Å²) in [5.74, 6) is 0. The second kappa shape index (κ2) is 6.52. The molecule has 1 aliphatic heterocycles. The van der Waals surface area contributed by atoms with Gasteiger partial charge in [0.05, 0.1) is 23.4 Å². The van der Waals surface area contributed by atoms with E-state index in [1.165, 1.54) is 10.3 Å². The van der Waals surface area contributed by atoms with Gasteiger partial charge in [0.25, 0.3) is 0 Å². The summed E-state index contributed by atoms with van der Waals surface area (Å²) in [7, 11) is 0. The molecule has 4 nitrogen and oxygen atoms in total. The number of hydrogen-bond acceptors (Lipinski definition) is 5. The van der Waals surface area contributed by atoms with Gasteiger partial charge >= 0.3 is 0 Å². The Morgan fingerprint density at radius 1 is 1.35 bits per heavy atom. The molecule has 0 saturated carbocycles. The number of nitrogens with zero attached hydrogens (tertiary/aromatic N) is 2. The lowest BCUT2D eigenvalue weighted by Crippen LogP contribution is -2.38. The van der Waals surface area contributed by atoms with Crippen LogP contribution in [0.4, 0.5) is 5.13 Å². The maximum Gasteiger partial charge on any atom is 0.183 e. The van der Waals surface area contributed by atoms with Gasteiger partial charge in [-0.2, -0.15) is 0 Å². The first-order chi connectivity index (χ1) is 9.86. The second-order valence-corrected chi connectivity index (χ2v) is 6.05. The number of rotatable bonds is 5. The van der Waals surface area contributed by atoms with Crippen molar-refractivity contribution in [1.29, 1.82) is 0 Å². The van der Waals surface area contributed by atoms with Crippen LogP contribution in [0.15, 0.2) is 18.2 Å². The summed E-state index contributed by atoms with van der Waals surface area (Å²) in [5.41, 5.74) is 2.49. The van der Waals surface area contributed by atoms with E-state index in [2.05, 4.69) is 35.3 Å². The summed E-state index contributed by atoms with van der Waals surface area (Å²) in [5, 5.41) is 4.49.